The topological polar surface area (TPSA) is 82.5 Å². The summed E-state index contributed by atoms with van der Waals surface area (Å²) in [5.41, 5.74) is 2.72. The largest absolute Gasteiger partial charge is 0.508 e. The standard InChI is InChI=1S/C27H27FN2O3/c1-17-5-7-20(8-6-17)25(22-15-21(28)9-10-24(22)32)30-26(33)23-14-19(13-18(2)29-23)11-12-27(3,4)16-31/h5-10,13-15,25,31-32H,16H2,1-4H3,(H,30,33). The fourth-order valence-electron chi connectivity index (χ4n) is 3.20. The van der Waals surface area contributed by atoms with Crippen molar-refractivity contribution in [1.29, 1.82) is 0 Å². The number of hydrogen-bond donors (Lipinski definition) is 3. The lowest BCUT2D eigenvalue weighted by Gasteiger charge is -2.21. The quantitative estimate of drug-likeness (QED) is 0.507. The number of carbonyl (C=O) groups excluding carboxylic acids is 1. The van der Waals surface area contributed by atoms with E-state index in [1.54, 1.807) is 19.1 Å². The Balaban J connectivity index is 1.99. The summed E-state index contributed by atoms with van der Waals surface area (Å²) in [5.74, 6) is 4.85. The van der Waals surface area contributed by atoms with Gasteiger partial charge >= 0.3 is 0 Å². The van der Waals surface area contributed by atoms with Crippen LogP contribution in [-0.2, 0) is 0 Å². The number of pyridine rings is 1. The summed E-state index contributed by atoms with van der Waals surface area (Å²) in [6.07, 6.45) is 0. The number of nitrogens with zero attached hydrogens (tertiary/aromatic N) is 1. The van der Waals surface area contributed by atoms with E-state index in [9.17, 15) is 19.4 Å². The first-order chi connectivity index (χ1) is 15.6. The summed E-state index contributed by atoms with van der Waals surface area (Å²) in [5, 5.41) is 22.7. The number of hydrogen-bond acceptors (Lipinski definition) is 4. The van der Waals surface area contributed by atoms with Gasteiger partial charge in [0.05, 0.1) is 12.6 Å². The highest BCUT2D eigenvalue weighted by molar-refractivity contribution is 5.93. The van der Waals surface area contributed by atoms with Crippen LogP contribution in [-0.4, -0.2) is 27.7 Å². The van der Waals surface area contributed by atoms with Crippen LogP contribution in [0.3, 0.4) is 0 Å². The molecule has 6 heteroatoms. The van der Waals surface area contributed by atoms with Crippen LogP contribution in [0.2, 0.25) is 0 Å². The van der Waals surface area contributed by atoms with Crippen molar-refractivity contribution >= 4 is 5.91 Å². The third kappa shape index (κ3) is 6.18. The molecule has 0 radical (unpaired) electrons. The van der Waals surface area contributed by atoms with Gasteiger partial charge in [-0.05, 0) is 63.6 Å². The lowest BCUT2D eigenvalue weighted by Crippen LogP contribution is -2.30. The number of aryl methyl sites for hydroxylation is 2. The lowest BCUT2D eigenvalue weighted by molar-refractivity contribution is 0.0937. The highest BCUT2D eigenvalue weighted by Crippen LogP contribution is 2.30. The number of aliphatic hydroxyl groups excluding tert-OH is 1. The van der Waals surface area contributed by atoms with Gasteiger partial charge in [-0.1, -0.05) is 41.7 Å². The Morgan fingerprint density at radius 1 is 1.12 bits per heavy atom. The number of carbonyl (C=O) groups is 1. The molecule has 3 N–H and O–H groups in total. The van der Waals surface area contributed by atoms with Crippen molar-refractivity contribution < 1.29 is 19.4 Å². The fraction of sp³-hybridized carbons (Fsp3) is 0.259. The molecule has 170 valence electrons. The molecule has 2 aromatic carbocycles. The first-order valence-electron chi connectivity index (χ1n) is 10.6. The maximum Gasteiger partial charge on any atom is 0.270 e. The minimum atomic E-state index is -0.793. The number of rotatable bonds is 5. The number of phenolic OH excluding ortho intramolecular Hbond substituents is 1. The normalized spacial score (nSPS) is 11.9. The zero-order valence-corrected chi connectivity index (χ0v) is 19.1. The van der Waals surface area contributed by atoms with Gasteiger partial charge in [-0.3, -0.25) is 4.79 Å². The van der Waals surface area contributed by atoms with Gasteiger partial charge in [-0.15, -0.1) is 0 Å². The van der Waals surface area contributed by atoms with Crippen molar-refractivity contribution in [3.05, 3.63) is 94.1 Å². The Kier molecular flexibility index (Phi) is 7.15. The van der Waals surface area contributed by atoms with Crippen LogP contribution < -0.4 is 5.32 Å². The number of benzene rings is 2. The van der Waals surface area contributed by atoms with Crippen molar-refractivity contribution in [2.45, 2.75) is 33.7 Å². The number of aromatic nitrogens is 1. The monoisotopic (exact) mass is 446 g/mol. The third-order valence-electron chi connectivity index (χ3n) is 5.11. The molecule has 0 bridgehead atoms. The van der Waals surface area contributed by atoms with Crippen molar-refractivity contribution in [2.24, 2.45) is 5.41 Å². The minimum Gasteiger partial charge on any atom is -0.508 e. The SMILES string of the molecule is Cc1ccc(C(NC(=O)c2cc(C#CC(C)(C)CO)cc(C)n2)c2cc(F)ccc2O)cc1. The molecule has 0 saturated carbocycles. The van der Waals surface area contributed by atoms with E-state index < -0.39 is 23.2 Å². The van der Waals surface area contributed by atoms with E-state index in [2.05, 4.69) is 22.1 Å². The van der Waals surface area contributed by atoms with Gasteiger partial charge in [-0.2, -0.15) is 0 Å². The molecule has 3 aromatic rings. The van der Waals surface area contributed by atoms with Crippen LogP contribution in [0.5, 0.6) is 5.75 Å². The molecule has 3 rings (SSSR count). The lowest BCUT2D eigenvalue weighted by atomic mass is 9.95. The summed E-state index contributed by atoms with van der Waals surface area (Å²) >= 11 is 0. The van der Waals surface area contributed by atoms with E-state index in [0.717, 1.165) is 11.6 Å². The number of amides is 1. The van der Waals surface area contributed by atoms with Gasteiger partial charge in [0.1, 0.15) is 17.3 Å². The summed E-state index contributed by atoms with van der Waals surface area (Å²) < 4.78 is 14.0. The Hall–Kier alpha value is -3.69. The fourth-order valence-corrected chi connectivity index (χ4v) is 3.20. The van der Waals surface area contributed by atoms with Crippen LogP contribution >= 0.6 is 0 Å². The molecular formula is C27H27FN2O3. The molecule has 1 aromatic heterocycles. The average molecular weight is 447 g/mol. The van der Waals surface area contributed by atoms with Gasteiger partial charge in [0.15, 0.2) is 0 Å². The van der Waals surface area contributed by atoms with Gasteiger partial charge < -0.3 is 15.5 Å². The molecular weight excluding hydrogens is 419 g/mol. The van der Waals surface area contributed by atoms with Gasteiger partial charge in [0, 0.05) is 22.2 Å². The number of phenols is 1. The zero-order chi connectivity index (χ0) is 24.2. The number of aromatic hydroxyl groups is 1. The maximum atomic E-state index is 14.0. The van der Waals surface area contributed by atoms with E-state index in [0.29, 0.717) is 16.8 Å². The molecule has 5 nitrogen and oxygen atoms in total. The molecule has 1 heterocycles. The molecule has 0 spiro atoms. The van der Waals surface area contributed by atoms with E-state index in [4.69, 9.17) is 0 Å². The molecule has 1 unspecified atom stereocenters. The second kappa shape index (κ2) is 9.85. The Labute approximate surface area is 193 Å². The molecule has 33 heavy (non-hydrogen) atoms. The van der Waals surface area contributed by atoms with Gasteiger partial charge in [-0.25, -0.2) is 9.37 Å². The molecule has 0 aliphatic heterocycles. The Morgan fingerprint density at radius 2 is 1.82 bits per heavy atom. The van der Waals surface area contributed by atoms with Crippen molar-refractivity contribution in [1.82, 2.24) is 10.3 Å². The highest BCUT2D eigenvalue weighted by atomic mass is 19.1. The summed E-state index contributed by atoms with van der Waals surface area (Å²) in [6.45, 7) is 7.24. The van der Waals surface area contributed by atoms with Crippen molar-refractivity contribution in [3.63, 3.8) is 0 Å². The summed E-state index contributed by atoms with van der Waals surface area (Å²) in [4.78, 5) is 17.5. The smallest absolute Gasteiger partial charge is 0.270 e. The second-order valence-electron chi connectivity index (χ2n) is 8.69. The maximum absolute atomic E-state index is 14.0. The predicted octanol–water partition coefficient (Wildman–Crippen LogP) is 4.43. The average Bonchev–Trinajstić information content (AvgIpc) is 2.78. The van der Waals surface area contributed by atoms with E-state index in [-0.39, 0.29) is 23.6 Å². The molecule has 1 atom stereocenters. The molecule has 0 aliphatic carbocycles. The van der Waals surface area contributed by atoms with Crippen LogP contribution in [0.25, 0.3) is 0 Å². The second-order valence-corrected chi connectivity index (χ2v) is 8.69. The van der Waals surface area contributed by atoms with E-state index >= 15 is 0 Å². The highest BCUT2D eigenvalue weighted by Gasteiger charge is 2.22. The summed E-state index contributed by atoms with van der Waals surface area (Å²) in [6, 6.07) is 13.6. The predicted molar refractivity (Wildman–Crippen MR) is 125 cm³/mol. The molecule has 0 fully saturated rings. The summed E-state index contributed by atoms with van der Waals surface area (Å²) in [7, 11) is 0. The van der Waals surface area contributed by atoms with E-state index in [1.165, 1.54) is 12.1 Å². The molecule has 1 amide bonds. The van der Waals surface area contributed by atoms with Crippen molar-refractivity contribution in [2.75, 3.05) is 6.61 Å². The van der Waals surface area contributed by atoms with Crippen LogP contribution in [0.1, 0.15) is 58.3 Å². The minimum absolute atomic E-state index is 0.0905. The first-order valence-corrected chi connectivity index (χ1v) is 10.6. The first kappa shape index (κ1) is 24.0. The molecule has 0 saturated heterocycles. The number of nitrogens with one attached hydrogen (secondary N) is 1. The van der Waals surface area contributed by atoms with Crippen molar-refractivity contribution in [3.8, 4) is 17.6 Å². The van der Waals surface area contributed by atoms with Crippen LogP contribution in [0.15, 0.2) is 54.6 Å². The Morgan fingerprint density at radius 3 is 2.48 bits per heavy atom. The van der Waals surface area contributed by atoms with Crippen LogP contribution in [0, 0.1) is 36.9 Å². The Bertz CT molecular complexity index is 1220. The van der Waals surface area contributed by atoms with Gasteiger partial charge in [0.2, 0.25) is 0 Å². The number of aliphatic hydroxyl groups is 1. The third-order valence-corrected chi connectivity index (χ3v) is 5.11. The van der Waals surface area contributed by atoms with E-state index in [1.807, 2.05) is 45.0 Å². The molecule has 0 aliphatic rings. The van der Waals surface area contributed by atoms with Gasteiger partial charge in [0.25, 0.3) is 5.91 Å². The van der Waals surface area contributed by atoms with Crippen LogP contribution in [0.4, 0.5) is 4.39 Å². The number of halogens is 1. The zero-order valence-electron chi connectivity index (χ0n) is 19.1.